The first-order valence-corrected chi connectivity index (χ1v) is 10.7. The van der Waals surface area contributed by atoms with E-state index < -0.39 is 20.0 Å². The lowest BCUT2D eigenvalue weighted by atomic mass is 10.1. The van der Waals surface area contributed by atoms with E-state index in [4.69, 9.17) is 0 Å². The number of nitrogens with one attached hydrogen (secondary N) is 1. The van der Waals surface area contributed by atoms with Gasteiger partial charge >= 0.3 is 0 Å². The van der Waals surface area contributed by atoms with Crippen LogP contribution < -0.4 is 4.72 Å². The highest BCUT2D eigenvalue weighted by Gasteiger charge is 2.31. The second kappa shape index (κ2) is 6.33. The lowest BCUT2D eigenvalue weighted by Crippen LogP contribution is -2.46. The molecule has 2 heterocycles. The van der Waals surface area contributed by atoms with Gasteiger partial charge in [-0.2, -0.15) is 4.31 Å². The summed E-state index contributed by atoms with van der Waals surface area (Å²) in [6, 6.07) is 3.24. The van der Waals surface area contributed by atoms with E-state index in [9.17, 15) is 16.8 Å². The van der Waals surface area contributed by atoms with Gasteiger partial charge < -0.3 is 0 Å². The van der Waals surface area contributed by atoms with E-state index in [-0.39, 0.29) is 11.8 Å². The van der Waals surface area contributed by atoms with E-state index >= 15 is 0 Å². The van der Waals surface area contributed by atoms with Crippen molar-refractivity contribution >= 4 is 31.4 Å². The van der Waals surface area contributed by atoms with Crippen LogP contribution in [0.4, 0.5) is 0 Å². The first-order valence-electron chi connectivity index (χ1n) is 6.81. The Bertz CT molecular complexity index is 686. The molecule has 0 atom stereocenters. The Morgan fingerprint density at radius 1 is 1.24 bits per heavy atom. The zero-order valence-electron chi connectivity index (χ0n) is 12.1. The van der Waals surface area contributed by atoms with Gasteiger partial charge in [-0.25, -0.2) is 21.6 Å². The molecule has 1 aliphatic heterocycles. The third kappa shape index (κ3) is 4.04. The number of nitrogens with zero attached hydrogens (tertiary/aromatic N) is 1. The quantitative estimate of drug-likeness (QED) is 0.861. The second-order valence-electron chi connectivity index (χ2n) is 5.06. The van der Waals surface area contributed by atoms with E-state index in [2.05, 4.69) is 4.72 Å². The highest BCUT2D eigenvalue weighted by Crippen LogP contribution is 2.26. The molecule has 1 N–H and O–H groups in total. The number of piperidine rings is 1. The first-order chi connectivity index (χ1) is 9.74. The molecule has 1 aromatic heterocycles. The van der Waals surface area contributed by atoms with Gasteiger partial charge in [-0.15, -0.1) is 11.3 Å². The minimum atomic E-state index is -3.44. The molecular formula is C12H20N2O4S3. The number of hydrogen-bond donors (Lipinski definition) is 1. The molecular weight excluding hydrogens is 332 g/mol. The largest absolute Gasteiger partial charge is 0.252 e. The maximum absolute atomic E-state index is 12.4. The Kier molecular flexibility index (Phi) is 5.09. The monoisotopic (exact) mass is 352 g/mol. The lowest BCUT2D eigenvalue weighted by Gasteiger charge is -2.31. The van der Waals surface area contributed by atoms with Gasteiger partial charge in [0.2, 0.25) is 10.0 Å². The highest BCUT2D eigenvalue weighted by molar-refractivity contribution is 7.91. The van der Waals surface area contributed by atoms with Crippen LogP contribution in [0.3, 0.4) is 0 Å². The second-order valence-corrected chi connectivity index (χ2v) is 10.6. The molecule has 0 saturated carbocycles. The van der Waals surface area contributed by atoms with E-state index in [0.717, 1.165) is 4.88 Å². The Balaban J connectivity index is 2.01. The van der Waals surface area contributed by atoms with Crippen molar-refractivity contribution in [1.82, 2.24) is 9.03 Å². The summed E-state index contributed by atoms with van der Waals surface area (Å²) in [5, 5.41) is 0. The van der Waals surface area contributed by atoms with Crippen LogP contribution in [-0.4, -0.2) is 46.0 Å². The van der Waals surface area contributed by atoms with Crippen LogP contribution >= 0.6 is 11.3 Å². The summed E-state index contributed by atoms with van der Waals surface area (Å²) >= 11 is 1.26. The number of rotatable bonds is 5. The van der Waals surface area contributed by atoms with Crippen LogP contribution in [-0.2, 0) is 20.0 Å². The summed E-state index contributed by atoms with van der Waals surface area (Å²) < 4.78 is 52.4. The van der Waals surface area contributed by atoms with Crippen LogP contribution in [0.5, 0.6) is 0 Å². The van der Waals surface area contributed by atoms with Crippen molar-refractivity contribution in [3.8, 4) is 0 Å². The fourth-order valence-electron chi connectivity index (χ4n) is 2.23. The predicted octanol–water partition coefficient (Wildman–Crippen LogP) is 1.15. The summed E-state index contributed by atoms with van der Waals surface area (Å²) in [6.45, 7) is 4.14. The maximum Gasteiger partial charge on any atom is 0.252 e. The van der Waals surface area contributed by atoms with Gasteiger partial charge in [0.1, 0.15) is 4.21 Å². The molecule has 0 aromatic carbocycles. The van der Waals surface area contributed by atoms with Crippen LogP contribution in [0.25, 0.3) is 0 Å². The van der Waals surface area contributed by atoms with Gasteiger partial charge in [-0.3, -0.25) is 0 Å². The van der Waals surface area contributed by atoms with Gasteiger partial charge in [0.15, 0.2) is 0 Å². The molecule has 0 amide bonds. The van der Waals surface area contributed by atoms with Crippen molar-refractivity contribution in [3.63, 3.8) is 0 Å². The zero-order valence-corrected chi connectivity index (χ0v) is 14.5. The molecule has 6 nitrogen and oxygen atoms in total. The van der Waals surface area contributed by atoms with Gasteiger partial charge in [-0.1, -0.05) is 0 Å². The number of aryl methyl sites for hydroxylation is 1. The molecule has 120 valence electrons. The summed E-state index contributed by atoms with van der Waals surface area (Å²) in [5.41, 5.74) is 0. The standard InChI is InChI=1S/C12H20N2O4S3/c1-3-20(15,16)13-11-6-8-14(9-7-11)21(17,18)12-5-4-10(2)19-12/h4-5,11,13H,3,6-9H2,1-2H3. The molecule has 1 aromatic rings. The Morgan fingerprint density at radius 2 is 1.86 bits per heavy atom. The van der Waals surface area contributed by atoms with Crippen molar-refractivity contribution in [2.75, 3.05) is 18.8 Å². The third-order valence-electron chi connectivity index (χ3n) is 3.49. The van der Waals surface area contributed by atoms with Crippen LogP contribution in [0, 0.1) is 6.92 Å². The SMILES string of the molecule is CCS(=O)(=O)NC1CCN(S(=O)(=O)c2ccc(C)s2)CC1. The summed E-state index contributed by atoms with van der Waals surface area (Å²) in [4.78, 5) is 0.958. The van der Waals surface area contributed by atoms with Crippen LogP contribution in [0.1, 0.15) is 24.6 Å². The lowest BCUT2D eigenvalue weighted by molar-refractivity contribution is 0.309. The Hall–Kier alpha value is -0.480. The molecule has 2 rings (SSSR count). The molecule has 0 aliphatic carbocycles. The van der Waals surface area contributed by atoms with Crippen molar-refractivity contribution < 1.29 is 16.8 Å². The highest BCUT2D eigenvalue weighted by atomic mass is 32.2. The third-order valence-corrected chi connectivity index (χ3v) is 8.31. The van der Waals surface area contributed by atoms with Gasteiger partial charge in [0.25, 0.3) is 10.0 Å². The average Bonchev–Trinajstić information content (AvgIpc) is 2.86. The molecule has 0 bridgehead atoms. The molecule has 0 spiro atoms. The normalized spacial score (nSPS) is 19.0. The number of hydrogen-bond acceptors (Lipinski definition) is 5. The minimum absolute atomic E-state index is 0.0417. The average molecular weight is 353 g/mol. The topological polar surface area (TPSA) is 83.6 Å². The summed E-state index contributed by atoms with van der Waals surface area (Å²) in [7, 11) is -6.68. The maximum atomic E-state index is 12.4. The van der Waals surface area contributed by atoms with E-state index in [1.54, 1.807) is 19.1 Å². The minimum Gasteiger partial charge on any atom is -0.212 e. The van der Waals surface area contributed by atoms with Gasteiger partial charge in [0.05, 0.1) is 5.75 Å². The molecule has 0 radical (unpaired) electrons. The molecule has 1 aliphatic rings. The Morgan fingerprint density at radius 3 is 2.33 bits per heavy atom. The molecule has 1 fully saturated rings. The van der Waals surface area contributed by atoms with Crippen molar-refractivity contribution in [2.24, 2.45) is 0 Å². The van der Waals surface area contributed by atoms with Gasteiger partial charge in [0, 0.05) is 24.0 Å². The molecule has 9 heteroatoms. The first kappa shape index (κ1) is 16.9. The number of sulfonamides is 2. The fourth-order valence-corrected chi connectivity index (χ4v) is 6.05. The van der Waals surface area contributed by atoms with Crippen molar-refractivity contribution in [3.05, 3.63) is 17.0 Å². The molecule has 1 saturated heterocycles. The van der Waals surface area contributed by atoms with E-state index in [0.29, 0.717) is 30.1 Å². The summed E-state index contributed by atoms with van der Waals surface area (Å²) in [5.74, 6) is 0.0417. The van der Waals surface area contributed by atoms with E-state index in [1.807, 2.05) is 6.92 Å². The van der Waals surface area contributed by atoms with Crippen molar-refractivity contribution in [1.29, 1.82) is 0 Å². The van der Waals surface area contributed by atoms with Gasteiger partial charge in [-0.05, 0) is 38.8 Å². The van der Waals surface area contributed by atoms with E-state index in [1.165, 1.54) is 15.6 Å². The smallest absolute Gasteiger partial charge is 0.212 e. The van der Waals surface area contributed by atoms with Crippen molar-refractivity contribution in [2.45, 2.75) is 36.9 Å². The Labute approximate surface area is 130 Å². The molecule has 0 unspecified atom stereocenters. The molecule has 21 heavy (non-hydrogen) atoms. The zero-order chi connectivity index (χ0) is 15.7. The van der Waals surface area contributed by atoms with Crippen LogP contribution in [0.15, 0.2) is 16.3 Å². The fraction of sp³-hybridized carbons (Fsp3) is 0.667. The number of thiophene rings is 1. The van der Waals surface area contributed by atoms with Crippen LogP contribution in [0.2, 0.25) is 0 Å². The predicted molar refractivity (Wildman–Crippen MR) is 83.4 cm³/mol. The summed E-state index contributed by atoms with van der Waals surface area (Å²) in [6.07, 6.45) is 1.01.